The van der Waals surface area contributed by atoms with E-state index in [-0.39, 0.29) is 23.3 Å². The Morgan fingerprint density at radius 2 is 2.00 bits per heavy atom. The number of pyridine rings is 1. The summed E-state index contributed by atoms with van der Waals surface area (Å²) in [5.41, 5.74) is 1.45. The molecule has 7 nitrogen and oxygen atoms in total. The lowest BCUT2D eigenvalue weighted by Gasteiger charge is -2.62. The number of esters is 1. The number of methoxy groups -OCH3 is 1. The fourth-order valence-corrected chi connectivity index (χ4v) is 4.95. The van der Waals surface area contributed by atoms with E-state index < -0.39 is 6.04 Å². The lowest BCUT2D eigenvalue weighted by Crippen LogP contribution is -2.64. The fourth-order valence-electron chi connectivity index (χ4n) is 4.95. The van der Waals surface area contributed by atoms with E-state index >= 15 is 0 Å². The molecule has 166 valence electrons. The number of amides is 2. The third-order valence-corrected chi connectivity index (χ3v) is 7.07. The van der Waals surface area contributed by atoms with Gasteiger partial charge < -0.3 is 15.0 Å². The van der Waals surface area contributed by atoms with Gasteiger partial charge in [0.25, 0.3) is 0 Å². The van der Waals surface area contributed by atoms with Gasteiger partial charge >= 0.3 is 12.0 Å². The second-order valence-corrected chi connectivity index (χ2v) is 9.14. The van der Waals surface area contributed by atoms with Crippen LogP contribution in [0.1, 0.15) is 58.6 Å². The number of piperidine rings is 1. The topological polar surface area (TPSA) is 74.8 Å². The minimum absolute atomic E-state index is 0.0266. The van der Waals surface area contributed by atoms with Gasteiger partial charge in [-0.05, 0) is 44.2 Å². The number of aromatic nitrogens is 1. The Balaban J connectivity index is 1.66. The molecule has 1 spiro atoms. The van der Waals surface area contributed by atoms with E-state index in [1.807, 2.05) is 37.2 Å². The maximum Gasteiger partial charge on any atom is 0.328 e. The molecule has 1 aromatic rings. The van der Waals surface area contributed by atoms with Crippen molar-refractivity contribution in [2.75, 3.05) is 26.7 Å². The number of hydrogen-bond donors (Lipinski definition) is 1. The summed E-state index contributed by atoms with van der Waals surface area (Å²) in [6.45, 7) is 10.9. The lowest BCUT2D eigenvalue weighted by molar-refractivity contribution is -0.144. The van der Waals surface area contributed by atoms with Crippen molar-refractivity contribution >= 4 is 12.0 Å². The van der Waals surface area contributed by atoms with Crippen LogP contribution in [0.3, 0.4) is 0 Å². The smallest absolute Gasteiger partial charge is 0.328 e. The molecule has 2 saturated heterocycles. The van der Waals surface area contributed by atoms with Gasteiger partial charge in [0, 0.05) is 49.5 Å². The van der Waals surface area contributed by atoms with Gasteiger partial charge in [-0.25, -0.2) is 9.59 Å². The van der Waals surface area contributed by atoms with E-state index in [2.05, 4.69) is 35.1 Å². The first-order valence-electron chi connectivity index (χ1n) is 11.1. The molecule has 2 amide bonds. The molecule has 2 aliphatic rings. The maximum atomic E-state index is 12.9. The molecule has 3 heterocycles. The molecule has 2 fully saturated rings. The van der Waals surface area contributed by atoms with E-state index in [1.54, 1.807) is 0 Å². The second kappa shape index (κ2) is 9.33. The molecule has 0 saturated carbocycles. The monoisotopic (exact) mass is 416 g/mol. The summed E-state index contributed by atoms with van der Waals surface area (Å²) in [6.07, 6.45) is 6.50. The zero-order valence-corrected chi connectivity index (χ0v) is 18.9. The Morgan fingerprint density at radius 1 is 1.30 bits per heavy atom. The van der Waals surface area contributed by atoms with E-state index in [4.69, 9.17) is 4.74 Å². The van der Waals surface area contributed by atoms with Crippen LogP contribution in [0.4, 0.5) is 4.79 Å². The SMILES string of the molecule is CC[C@H](C)[C@H](NC(=O)N1CCC2(CC1)CN(C(C)C)C2c1cccnc1)C(=O)OC. The molecule has 0 bridgehead atoms. The molecule has 1 unspecified atom stereocenters. The van der Waals surface area contributed by atoms with Crippen LogP contribution in [0.15, 0.2) is 24.5 Å². The molecule has 1 aromatic heterocycles. The van der Waals surface area contributed by atoms with Crippen molar-refractivity contribution in [1.82, 2.24) is 20.1 Å². The normalized spacial score (nSPS) is 23.0. The van der Waals surface area contributed by atoms with Crippen molar-refractivity contribution in [1.29, 1.82) is 0 Å². The standard InChI is InChI=1S/C23H36N4O3/c1-6-17(4)19(21(28)30-5)25-22(29)26-12-9-23(10-13-26)15-27(16(2)3)20(23)18-8-7-11-24-14-18/h7-8,11,14,16-17,19-20H,6,9-10,12-13,15H2,1-5H3,(H,25,29)/t17-,19-,20?/m0/s1. The van der Waals surface area contributed by atoms with Crippen LogP contribution >= 0.6 is 0 Å². The first-order valence-corrected chi connectivity index (χ1v) is 11.1. The highest BCUT2D eigenvalue weighted by Crippen LogP contribution is 2.55. The Bertz CT molecular complexity index is 731. The summed E-state index contributed by atoms with van der Waals surface area (Å²) in [4.78, 5) is 33.7. The summed E-state index contributed by atoms with van der Waals surface area (Å²) in [7, 11) is 1.37. The molecule has 0 aliphatic carbocycles. The highest BCUT2D eigenvalue weighted by atomic mass is 16.5. The van der Waals surface area contributed by atoms with Gasteiger partial charge in [-0.2, -0.15) is 0 Å². The number of urea groups is 1. The minimum atomic E-state index is -0.605. The van der Waals surface area contributed by atoms with Crippen LogP contribution in [0, 0.1) is 11.3 Å². The predicted molar refractivity (Wildman–Crippen MR) is 116 cm³/mol. The van der Waals surface area contributed by atoms with Gasteiger partial charge in [-0.15, -0.1) is 0 Å². The number of likely N-dealkylation sites (tertiary alicyclic amines) is 2. The quantitative estimate of drug-likeness (QED) is 0.721. The van der Waals surface area contributed by atoms with Crippen molar-refractivity contribution in [3.05, 3.63) is 30.1 Å². The van der Waals surface area contributed by atoms with Crippen molar-refractivity contribution in [2.24, 2.45) is 11.3 Å². The van der Waals surface area contributed by atoms with Crippen molar-refractivity contribution in [3.63, 3.8) is 0 Å². The lowest BCUT2D eigenvalue weighted by atomic mass is 9.63. The van der Waals surface area contributed by atoms with Crippen molar-refractivity contribution < 1.29 is 14.3 Å². The van der Waals surface area contributed by atoms with E-state index in [0.717, 1.165) is 25.8 Å². The summed E-state index contributed by atoms with van der Waals surface area (Å²) >= 11 is 0. The zero-order chi connectivity index (χ0) is 21.9. The summed E-state index contributed by atoms with van der Waals surface area (Å²) in [5.74, 6) is -0.354. The van der Waals surface area contributed by atoms with Gasteiger partial charge in [-0.3, -0.25) is 9.88 Å². The third-order valence-electron chi connectivity index (χ3n) is 7.07. The van der Waals surface area contributed by atoms with E-state index in [9.17, 15) is 9.59 Å². The highest BCUT2D eigenvalue weighted by molar-refractivity contribution is 5.83. The number of hydrogen-bond acceptors (Lipinski definition) is 5. The third kappa shape index (κ3) is 4.31. The average Bonchev–Trinajstić information content (AvgIpc) is 2.75. The van der Waals surface area contributed by atoms with Crippen LogP contribution in [0.2, 0.25) is 0 Å². The molecule has 1 N–H and O–H groups in total. The molecule has 7 heteroatoms. The Labute approximate surface area is 180 Å². The number of ether oxygens (including phenoxy) is 1. The Hall–Kier alpha value is -2.15. The van der Waals surface area contributed by atoms with Gasteiger partial charge in [0.15, 0.2) is 0 Å². The Morgan fingerprint density at radius 3 is 2.53 bits per heavy atom. The maximum absolute atomic E-state index is 12.9. The number of rotatable bonds is 6. The van der Waals surface area contributed by atoms with Gasteiger partial charge in [0.05, 0.1) is 7.11 Å². The minimum Gasteiger partial charge on any atom is -0.467 e. The van der Waals surface area contributed by atoms with Crippen LogP contribution < -0.4 is 5.32 Å². The number of nitrogens with one attached hydrogen (secondary N) is 1. The van der Waals surface area contributed by atoms with E-state index in [0.29, 0.717) is 25.2 Å². The molecule has 0 aromatic carbocycles. The molecule has 3 rings (SSSR count). The van der Waals surface area contributed by atoms with Crippen LogP contribution in [0.25, 0.3) is 0 Å². The van der Waals surface area contributed by atoms with Crippen molar-refractivity contribution in [3.8, 4) is 0 Å². The van der Waals surface area contributed by atoms with Gasteiger partial charge in [0.2, 0.25) is 0 Å². The number of nitrogens with zero attached hydrogens (tertiary/aromatic N) is 3. The van der Waals surface area contributed by atoms with Gasteiger partial charge in [-0.1, -0.05) is 26.3 Å². The van der Waals surface area contributed by atoms with Gasteiger partial charge in [0.1, 0.15) is 6.04 Å². The summed E-state index contributed by atoms with van der Waals surface area (Å²) in [6, 6.07) is 4.22. The largest absolute Gasteiger partial charge is 0.467 e. The van der Waals surface area contributed by atoms with Crippen LogP contribution in [-0.2, 0) is 9.53 Å². The number of carbonyl (C=O) groups is 2. The predicted octanol–water partition coefficient (Wildman–Crippen LogP) is 3.23. The van der Waals surface area contributed by atoms with Crippen molar-refractivity contribution in [2.45, 2.75) is 65.1 Å². The van der Waals surface area contributed by atoms with E-state index in [1.165, 1.54) is 12.7 Å². The first kappa shape index (κ1) is 22.5. The second-order valence-electron chi connectivity index (χ2n) is 9.14. The summed E-state index contributed by atoms with van der Waals surface area (Å²) < 4.78 is 4.90. The molecular formula is C23H36N4O3. The zero-order valence-electron chi connectivity index (χ0n) is 18.9. The van der Waals surface area contributed by atoms with Crippen LogP contribution in [0.5, 0.6) is 0 Å². The average molecular weight is 417 g/mol. The van der Waals surface area contributed by atoms with Crippen LogP contribution in [-0.4, -0.2) is 65.6 Å². The first-order chi connectivity index (χ1) is 14.3. The fraction of sp³-hybridized carbons (Fsp3) is 0.696. The number of carbonyl (C=O) groups excluding carboxylic acids is 2. The highest BCUT2D eigenvalue weighted by Gasteiger charge is 2.55. The molecule has 30 heavy (non-hydrogen) atoms. The molecular weight excluding hydrogens is 380 g/mol. The molecule has 3 atom stereocenters. The Kier molecular flexibility index (Phi) is 7.01. The molecule has 0 radical (unpaired) electrons. The summed E-state index contributed by atoms with van der Waals surface area (Å²) in [5, 5.41) is 2.91. The molecule has 2 aliphatic heterocycles.